The van der Waals surface area contributed by atoms with Crippen molar-refractivity contribution >= 4 is 21.4 Å². The predicted octanol–water partition coefficient (Wildman–Crippen LogP) is 4.56. The molecule has 5 rings (SSSR count). The second kappa shape index (κ2) is 11.2. The molecule has 0 radical (unpaired) electrons. The number of hydrogen-bond donors (Lipinski definition) is 2. The maximum atomic E-state index is 13.1. The lowest BCUT2D eigenvalue weighted by molar-refractivity contribution is 0.255. The topological polar surface area (TPSA) is 88.0 Å². The molecule has 1 saturated heterocycles. The van der Waals surface area contributed by atoms with Gasteiger partial charge in [0, 0.05) is 19.7 Å². The standard InChI is InChI=1S/C30H41N5O3S/c1-20(2)39(36,37)27-9-7-6-8-24(27)32-30-29-25(14-17-35(29)4)31-28(33-30)19-23-11-10-22(18-26(23)38-5)21-12-15-34(3)16-13-21/h8-11,14,17-18,20-21,28,31H,6-7,12-13,15-16,19H2,1-5H3,(H,32,33). The lowest BCUT2D eigenvalue weighted by Gasteiger charge is -2.30. The van der Waals surface area contributed by atoms with Crippen LogP contribution < -0.4 is 15.4 Å². The van der Waals surface area contributed by atoms with Gasteiger partial charge in [-0.15, -0.1) is 0 Å². The van der Waals surface area contributed by atoms with Crippen molar-refractivity contribution in [2.45, 2.75) is 63.3 Å². The normalized spacial score (nSPS) is 20.6. The molecule has 210 valence electrons. The number of nitrogens with zero attached hydrogens (tertiary/aromatic N) is 3. The number of hydrogen-bond acceptors (Lipinski definition) is 7. The number of sulfone groups is 1. The van der Waals surface area contributed by atoms with Crippen LogP contribution in [0.5, 0.6) is 5.75 Å². The van der Waals surface area contributed by atoms with Crippen LogP contribution in [-0.4, -0.2) is 62.4 Å². The molecule has 1 unspecified atom stereocenters. The van der Waals surface area contributed by atoms with Crippen LogP contribution in [0.4, 0.5) is 5.69 Å². The van der Waals surface area contributed by atoms with Gasteiger partial charge in [-0.05, 0) is 88.8 Å². The fraction of sp³-hybridized carbons (Fsp3) is 0.500. The SMILES string of the molecule is COc1cc(C2CCN(C)CC2)ccc1CC1N=C(NC2=CCCC=C2S(=O)(=O)C(C)C)c2c(ccn2C)N1. The number of piperidine rings is 1. The molecule has 3 aliphatic rings. The number of fused-ring (bicyclic) bond motifs is 1. The minimum absolute atomic E-state index is 0.233. The van der Waals surface area contributed by atoms with Crippen LogP contribution in [0.3, 0.4) is 0 Å². The van der Waals surface area contributed by atoms with Crippen molar-refractivity contribution in [1.82, 2.24) is 14.8 Å². The Morgan fingerprint density at radius 1 is 1.13 bits per heavy atom. The Kier molecular flexibility index (Phi) is 7.91. The molecular weight excluding hydrogens is 510 g/mol. The van der Waals surface area contributed by atoms with Crippen LogP contribution in [0.25, 0.3) is 0 Å². The van der Waals surface area contributed by atoms with Gasteiger partial charge in [-0.25, -0.2) is 13.4 Å². The Hall–Kier alpha value is -3.04. The van der Waals surface area contributed by atoms with Gasteiger partial charge in [0.15, 0.2) is 15.7 Å². The van der Waals surface area contributed by atoms with E-state index in [1.54, 1.807) is 21.0 Å². The Balaban J connectivity index is 1.41. The number of aliphatic imine (C=N–C) groups is 1. The van der Waals surface area contributed by atoms with Gasteiger partial charge in [-0.2, -0.15) is 0 Å². The number of rotatable bonds is 7. The number of nitrogens with one attached hydrogen (secondary N) is 2. The molecule has 39 heavy (non-hydrogen) atoms. The summed E-state index contributed by atoms with van der Waals surface area (Å²) in [6.45, 7) is 5.69. The monoisotopic (exact) mass is 551 g/mol. The van der Waals surface area contributed by atoms with E-state index in [4.69, 9.17) is 9.73 Å². The second-order valence-corrected chi connectivity index (χ2v) is 13.6. The first kappa shape index (κ1) is 27.5. The van der Waals surface area contributed by atoms with E-state index in [0.29, 0.717) is 35.2 Å². The summed E-state index contributed by atoms with van der Waals surface area (Å²) < 4.78 is 34.1. The summed E-state index contributed by atoms with van der Waals surface area (Å²) in [5.74, 6) is 2.12. The third-order valence-electron chi connectivity index (χ3n) is 8.11. The van der Waals surface area contributed by atoms with Crippen LogP contribution in [0.1, 0.15) is 62.3 Å². The van der Waals surface area contributed by atoms with E-state index in [9.17, 15) is 8.42 Å². The zero-order chi connectivity index (χ0) is 27.7. The molecule has 2 aliphatic heterocycles. The number of aryl methyl sites for hydroxylation is 1. The van der Waals surface area contributed by atoms with Gasteiger partial charge in [0.1, 0.15) is 17.6 Å². The molecule has 3 heterocycles. The third-order valence-corrected chi connectivity index (χ3v) is 10.3. The molecule has 1 aliphatic carbocycles. The average Bonchev–Trinajstić information content (AvgIpc) is 3.30. The summed E-state index contributed by atoms with van der Waals surface area (Å²) in [6.07, 6.45) is 10.0. The largest absolute Gasteiger partial charge is 0.496 e. The highest BCUT2D eigenvalue weighted by Crippen LogP contribution is 2.33. The zero-order valence-electron chi connectivity index (χ0n) is 23.7. The highest BCUT2D eigenvalue weighted by atomic mass is 32.2. The number of benzene rings is 1. The fourth-order valence-electron chi connectivity index (χ4n) is 5.71. The minimum atomic E-state index is -3.43. The first-order valence-corrected chi connectivity index (χ1v) is 15.5. The molecule has 0 saturated carbocycles. The number of anilines is 1. The van der Waals surface area contributed by atoms with Crippen molar-refractivity contribution in [2.24, 2.45) is 12.0 Å². The van der Waals surface area contributed by atoms with Gasteiger partial charge in [0.05, 0.1) is 28.6 Å². The average molecular weight is 552 g/mol. The van der Waals surface area contributed by atoms with Crippen molar-refractivity contribution in [3.63, 3.8) is 0 Å². The molecule has 1 atom stereocenters. The van der Waals surface area contributed by atoms with Crippen molar-refractivity contribution in [3.05, 3.63) is 70.0 Å². The van der Waals surface area contributed by atoms with Gasteiger partial charge in [-0.3, -0.25) is 0 Å². The lowest BCUT2D eigenvalue weighted by atomic mass is 9.88. The summed E-state index contributed by atoms with van der Waals surface area (Å²) in [6, 6.07) is 8.66. The highest BCUT2D eigenvalue weighted by molar-refractivity contribution is 7.96. The molecule has 2 aromatic rings. The molecule has 1 fully saturated rings. The van der Waals surface area contributed by atoms with E-state index in [0.717, 1.165) is 55.0 Å². The number of methoxy groups -OCH3 is 1. The zero-order valence-corrected chi connectivity index (χ0v) is 24.5. The molecule has 9 heteroatoms. The van der Waals surface area contributed by atoms with Crippen LogP contribution in [0.2, 0.25) is 0 Å². The number of amidine groups is 1. The van der Waals surface area contributed by atoms with E-state index in [1.807, 2.05) is 36.0 Å². The van der Waals surface area contributed by atoms with Gasteiger partial charge < -0.3 is 24.8 Å². The molecule has 0 bridgehead atoms. The summed E-state index contributed by atoms with van der Waals surface area (Å²) in [5, 5.41) is 6.49. The van der Waals surface area contributed by atoms with Crippen molar-refractivity contribution in [3.8, 4) is 5.75 Å². The van der Waals surface area contributed by atoms with Crippen molar-refractivity contribution < 1.29 is 13.2 Å². The van der Waals surface area contributed by atoms with Gasteiger partial charge >= 0.3 is 0 Å². The van der Waals surface area contributed by atoms with E-state index in [2.05, 4.69) is 40.8 Å². The second-order valence-electron chi connectivity index (χ2n) is 11.2. The van der Waals surface area contributed by atoms with Crippen molar-refractivity contribution in [1.29, 1.82) is 0 Å². The number of likely N-dealkylation sites (tertiary alicyclic amines) is 1. The minimum Gasteiger partial charge on any atom is -0.496 e. The maximum absolute atomic E-state index is 13.1. The molecule has 1 aromatic heterocycles. The van der Waals surface area contributed by atoms with Gasteiger partial charge in [-0.1, -0.05) is 24.3 Å². The highest BCUT2D eigenvalue weighted by Gasteiger charge is 2.30. The summed E-state index contributed by atoms with van der Waals surface area (Å²) in [7, 11) is 2.46. The number of allylic oxidation sites excluding steroid dienone is 2. The third kappa shape index (κ3) is 5.65. The van der Waals surface area contributed by atoms with Gasteiger partial charge in [0.25, 0.3) is 0 Å². The maximum Gasteiger partial charge on any atom is 0.182 e. The molecule has 1 aromatic carbocycles. The molecule has 2 N–H and O–H groups in total. The quantitative estimate of drug-likeness (QED) is 0.525. The lowest BCUT2D eigenvalue weighted by Crippen LogP contribution is -2.37. The molecule has 8 nitrogen and oxygen atoms in total. The van der Waals surface area contributed by atoms with E-state index >= 15 is 0 Å². The Morgan fingerprint density at radius 3 is 2.59 bits per heavy atom. The van der Waals surface area contributed by atoms with Crippen LogP contribution >= 0.6 is 0 Å². The first-order valence-electron chi connectivity index (χ1n) is 13.9. The van der Waals surface area contributed by atoms with Crippen LogP contribution in [0.15, 0.2) is 58.2 Å². The predicted molar refractivity (Wildman–Crippen MR) is 158 cm³/mol. The number of ether oxygens (including phenoxy) is 1. The van der Waals surface area contributed by atoms with E-state index in [1.165, 1.54) is 5.56 Å². The molecule has 0 spiro atoms. The van der Waals surface area contributed by atoms with Crippen LogP contribution in [0, 0.1) is 0 Å². The van der Waals surface area contributed by atoms with Crippen LogP contribution in [-0.2, 0) is 23.3 Å². The molecular formula is C30H41N5O3S. The fourth-order valence-corrected chi connectivity index (χ4v) is 7.01. The Bertz CT molecular complexity index is 1410. The van der Waals surface area contributed by atoms with Crippen molar-refractivity contribution in [2.75, 3.05) is 32.6 Å². The summed E-state index contributed by atoms with van der Waals surface area (Å²) >= 11 is 0. The summed E-state index contributed by atoms with van der Waals surface area (Å²) in [5.41, 5.74) is 4.92. The Morgan fingerprint density at radius 2 is 1.87 bits per heavy atom. The number of aromatic nitrogens is 1. The Labute approximate surface area is 232 Å². The van der Waals surface area contributed by atoms with E-state index < -0.39 is 15.1 Å². The first-order chi connectivity index (χ1) is 18.7. The summed E-state index contributed by atoms with van der Waals surface area (Å²) in [4.78, 5) is 7.80. The smallest absolute Gasteiger partial charge is 0.182 e. The molecule has 0 amide bonds. The van der Waals surface area contributed by atoms with E-state index in [-0.39, 0.29) is 6.17 Å². The van der Waals surface area contributed by atoms with Gasteiger partial charge in [0.2, 0.25) is 0 Å².